The highest BCUT2D eigenvalue weighted by Crippen LogP contribution is 2.39. The number of methoxy groups -OCH3 is 3. The first-order chi connectivity index (χ1) is 17.9. The average molecular weight is 567 g/mol. The van der Waals surface area contributed by atoms with E-state index >= 15 is 0 Å². The van der Waals surface area contributed by atoms with Crippen LogP contribution in [-0.4, -0.2) is 65.2 Å². The number of carbonyl (C=O) groups is 3. The number of aromatic nitrogens is 3. The molecule has 3 aromatic heterocycles. The van der Waals surface area contributed by atoms with Crippen LogP contribution in [0.1, 0.15) is 33.9 Å². The van der Waals surface area contributed by atoms with Gasteiger partial charge in [0.15, 0.2) is 11.6 Å². The van der Waals surface area contributed by atoms with Crippen LogP contribution in [0.3, 0.4) is 0 Å². The van der Waals surface area contributed by atoms with Crippen LogP contribution in [0.5, 0.6) is 5.75 Å². The molecule has 3 rings (SSSR count). The van der Waals surface area contributed by atoms with Crippen LogP contribution in [-0.2, 0) is 27.4 Å². The smallest absolute Gasteiger partial charge is 0.340 e. The number of hydrogen-bond acceptors (Lipinski definition) is 10. The highest BCUT2D eigenvalue weighted by atomic mass is 35.5. The van der Waals surface area contributed by atoms with Gasteiger partial charge in [0.05, 0.1) is 42.7 Å². The lowest BCUT2D eigenvalue weighted by Crippen LogP contribution is -2.35. The largest absolute Gasteiger partial charge is 0.491 e. The molecule has 0 radical (unpaired) electrons. The third-order valence-electron chi connectivity index (χ3n) is 5.47. The minimum atomic E-state index is -1.27. The van der Waals surface area contributed by atoms with E-state index < -0.39 is 35.4 Å². The molecule has 0 saturated carbocycles. The van der Waals surface area contributed by atoms with E-state index in [2.05, 4.69) is 10.4 Å². The van der Waals surface area contributed by atoms with Gasteiger partial charge in [0, 0.05) is 29.8 Å². The number of anilines is 1. The van der Waals surface area contributed by atoms with E-state index in [0.717, 1.165) is 33.5 Å². The van der Waals surface area contributed by atoms with E-state index in [1.165, 1.54) is 25.6 Å². The molecule has 204 valence electrons. The molecule has 0 bridgehead atoms. The minimum absolute atomic E-state index is 0.000698. The second-order valence-corrected chi connectivity index (χ2v) is 10.6. The molecule has 0 aliphatic carbocycles. The molecule has 38 heavy (non-hydrogen) atoms. The number of carboxylic acids is 1. The van der Waals surface area contributed by atoms with Crippen molar-refractivity contribution >= 4 is 46.6 Å². The van der Waals surface area contributed by atoms with E-state index in [1.807, 2.05) is 6.07 Å². The van der Waals surface area contributed by atoms with Crippen LogP contribution >= 0.6 is 22.9 Å². The molecule has 0 aliphatic heterocycles. The normalized spacial score (nSPS) is 11.3. The van der Waals surface area contributed by atoms with E-state index in [0.29, 0.717) is 4.34 Å². The van der Waals surface area contributed by atoms with Gasteiger partial charge in [-0.1, -0.05) is 11.6 Å². The highest BCUT2D eigenvalue weighted by molar-refractivity contribution is 7.16. The molecule has 3 aromatic rings. The summed E-state index contributed by atoms with van der Waals surface area (Å²) in [5.41, 5.74) is -1.86. The number of aliphatic carboxylic acids is 1. The molecule has 0 aromatic carbocycles. The Hall–Kier alpha value is -3.68. The molecule has 0 saturated heterocycles. The maximum absolute atomic E-state index is 13.6. The van der Waals surface area contributed by atoms with Gasteiger partial charge in [-0.15, -0.1) is 11.3 Å². The number of halogens is 1. The van der Waals surface area contributed by atoms with Crippen molar-refractivity contribution < 1.29 is 33.7 Å². The van der Waals surface area contributed by atoms with Gasteiger partial charge in [-0.25, -0.2) is 4.79 Å². The Kier molecular flexibility index (Phi) is 8.97. The van der Waals surface area contributed by atoms with Gasteiger partial charge >= 0.3 is 11.9 Å². The number of nitrogens with zero attached hydrogens (tertiary/aromatic N) is 3. The van der Waals surface area contributed by atoms with Crippen molar-refractivity contribution in [1.29, 1.82) is 0 Å². The van der Waals surface area contributed by atoms with Gasteiger partial charge < -0.3 is 29.2 Å². The number of pyridine rings is 1. The molecular formula is C24H27ClN4O8S. The topological polar surface area (TPSA) is 151 Å². The second kappa shape index (κ2) is 11.8. The zero-order valence-electron chi connectivity index (χ0n) is 21.4. The number of ether oxygens (including phenoxy) is 3. The number of hydrogen-bond donors (Lipinski definition) is 2. The van der Waals surface area contributed by atoms with Gasteiger partial charge in [-0.05, 0) is 26.0 Å². The number of thiophene rings is 1. The number of rotatable bonds is 11. The fourth-order valence-corrected chi connectivity index (χ4v) is 4.74. The summed E-state index contributed by atoms with van der Waals surface area (Å²) in [4.78, 5) is 51.1. The summed E-state index contributed by atoms with van der Waals surface area (Å²) >= 11 is 7.39. The zero-order chi connectivity index (χ0) is 28.2. The first-order valence-corrected chi connectivity index (χ1v) is 12.4. The Morgan fingerprint density at radius 3 is 2.47 bits per heavy atom. The Labute approximate surface area is 226 Å². The van der Waals surface area contributed by atoms with Gasteiger partial charge in [0.1, 0.15) is 12.2 Å². The SMILES string of the molecule is COCC(C)(C)C(=O)n1nc(-c2cc(=O)n(CC(=O)O)cc2C(=O)OC)c(OC)c1NCc1ccc(Cl)s1. The first-order valence-electron chi connectivity index (χ1n) is 11.2. The van der Waals surface area contributed by atoms with Crippen LogP contribution in [0.2, 0.25) is 4.34 Å². The fraction of sp³-hybridized carbons (Fsp3) is 0.375. The third-order valence-corrected chi connectivity index (χ3v) is 6.70. The summed E-state index contributed by atoms with van der Waals surface area (Å²) in [6, 6.07) is 4.62. The molecule has 0 fully saturated rings. The summed E-state index contributed by atoms with van der Waals surface area (Å²) < 4.78 is 18.2. The number of carboxylic acid groups (broad SMARTS) is 1. The Morgan fingerprint density at radius 2 is 1.92 bits per heavy atom. The summed E-state index contributed by atoms with van der Waals surface area (Å²) in [7, 11) is 3.97. The molecule has 0 amide bonds. The molecular weight excluding hydrogens is 540 g/mol. The van der Waals surface area contributed by atoms with Crippen LogP contribution in [0.4, 0.5) is 5.82 Å². The number of esters is 1. The van der Waals surface area contributed by atoms with Gasteiger partial charge in [-0.3, -0.25) is 14.4 Å². The standard InChI is InChI=1S/C24H27ClN4O8S/c1-24(2,12-35-3)23(34)29-21(26-9-13-6-7-16(25)38-13)20(36-4)19(27-29)14-8-17(30)28(11-18(31)32)10-15(14)22(33)37-5/h6-8,10,26H,9,11-12H2,1-5H3,(H,31,32). The van der Waals surface area contributed by atoms with Crippen molar-refractivity contribution in [2.75, 3.05) is 33.3 Å². The van der Waals surface area contributed by atoms with Gasteiger partial charge in [-0.2, -0.15) is 9.78 Å². The number of carbonyl (C=O) groups excluding carboxylic acids is 2. The van der Waals surface area contributed by atoms with Crippen molar-refractivity contribution in [1.82, 2.24) is 14.3 Å². The lowest BCUT2D eigenvalue weighted by Gasteiger charge is -2.22. The lowest BCUT2D eigenvalue weighted by molar-refractivity contribution is -0.137. The van der Waals surface area contributed by atoms with E-state index in [4.69, 9.17) is 30.9 Å². The van der Waals surface area contributed by atoms with E-state index in [-0.39, 0.29) is 41.5 Å². The Balaban J connectivity index is 2.26. The molecule has 0 unspecified atom stereocenters. The average Bonchev–Trinajstić information content (AvgIpc) is 3.44. The van der Waals surface area contributed by atoms with E-state index in [9.17, 15) is 19.2 Å². The van der Waals surface area contributed by atoms with Crippen LogP contribution < -0.4 is 15.6 Å². The van der Waals surface area contributed by atoms with Crippen molar-refractivity contribution in [3.63, 3.8) is 0 Å². The summed E-state index contributed by atoms with van der Waals surface area (Å²) in [5, 5.41) is 16.8. The van der Waals surface area contributed by atoms with Crippen molar-refractivity contribution in [3.8, 4) is 17.0 Å². The monoisotopic (exact) mass is 566 g/mol. The Morgan fingerprint density at radius 1 is 1.21 bits per heavy atom. The fourth-order valence-electron chi connectivity index (χ4n) is 3.71. The maximum Gasteiger partial charge on any atom is 0.340 e. The molecule has 3 heterocycles. The first kappa shape index (κ1) is 28.9. The van der Waals surface area contributed by atoms with Crippen LogP contribution in [0.25, 0.3) is 11.3 Å². The molecule has 2 N–H and O–H groups in total. The molecule has 0 atom stereocenters. The summed E-state index contributed by atoms with van der Waals surface area (Å²) in [5.74, 6) is -2.32. The Bertz CT molecular complexity index is 1430. The summed E-state index contributed by atoms with van der Waals surface area (Å²) in [6.45, 7) is 3.04. The quantitative estimate of drug-likeness (QED) is 0.331. The highest BCUT2D eigenvalue weighted by Gasteiger charge is 2.35. The van der Waals surface area contributed by atoms with Gasteiger partial charge in [0.2, 0.25) is 0 Å². The van der Waals surface area contributed by atoms with Gasteiger partial charge in [0.25, 0.3) is 11.5 Å². The minimum Gasteiger partial charge on any atom is -0.491 e. The van der Waals surface area contributed by atoms with Crippen LogP contribution in [0.15, 0.2) is 29.2 Å². The third kappa shape index (κ3) is 6.06. The molecule has 14 heteroatoms. The predicted molar refractivity (Wildman–Crippen MR) is 140 cm³/mol. The zero-order valence-corrected chi connectivity index (χ0v) is 22.9. The van der Waals surface area contributed by atoms with Crippen molar-refractivity contribution in [3.05, 3.63) is 49.5 Å². The van der Waals surface area contributed by atoms with E-state index in [1.54, 1.807) is 19.9 Å². The lowest BCUT2D eigenvalue weighted by atomic mass is 9.94. The second-order valence-electron chi connectivity index (χ2n) is 8.78. The van der Waals surface area contributed by atoms with Crippen molar-refractivity contribution in [2.24, 2.45) is 5.41 Å². The molecule has 0 spiro atoms. The number of nitrogens with one attached hydrogen (secondary N) is 1. The van der Waals surface area contributed by atoms with Crippen LogP contribution in [0, 0.1) is 5.41 Å². The summed E-state index contributed by atoms with van der Waals surface area (Å²) in [6.07, 6.45) is 1.08. The molecule has 0 aliphatic rings. The molecule has 12 nitrogen and oxygen atoms in total. The predicted octanol–water partition coefficient (Wildman–Crippen LogP) is 3.23. The maximum atomic E-state index is 13.6. The van der Waals surface area contributed by atoms with Crippen molar-refractivity contribution in [2.45, 2.75) is 26.9 Å².